The van der Waals surface area contributed by atoms with Crippen molar-refractivity contribution in [1.82, 2.24) is 19.7 Å². The molecular formula is C13H18N4. The van der Waals surface area contributed by atoms with Crippen LogP contribution in [0.25, 0.3) is 22.1 Å². The minimum Gasteiger partial charge on any atom is -0.303 e. The highest BCUT2D eigenvalue weighted by molar-refractivity contribution is 5.89. The first-order valence-electron chi connectivity index (χ1n) is 5.38. The molecule has 90 valence electrons. The maximum atomic E-state index is 4.51. The number of hydrogen-bond acceptors (Lipinski definition) is 2. The van der Waals surface area contributed by atoms with Crippen LogP contribution in [0, 0.1) is 0 Å². The highest BCUT2D eigenvalue weighted by atomic mass is 15.3. The van der Waals surface area contributed by atoms with E-state index in [1.165, 1.54) is 0 Å². The lowest BCUT2D eigenvalue weighted by Gasteiger charge is -2.21. The molecule has 0 saturated carbocycles. The van der Waals surface area contributed by atoms with Crippen LogP contribution in [0.4, 0.5) is 0 Å². The minimum atomic E-state index is 0. The Labute approximate surface area is 101 Å². The van der Waals surface area contributed by atoms with E-state index in [0.29, 0.717) is 0 Å². The predicted octanol–water partition coefficient (Wildman–Crippen LogP) is 3.30. The number of hydrogen-bond donors (Lipinski definition) is 1. The van der Waals surface area contributed by atoms with Crippen molar-refractivity contribution in [3.8, 4) is 0 Å². The van der Waals surface area contributed by atoms with Gasteiger partial charge in [0.25, 0.3) is 0 Å². The van der Waals surface area contributed by atoms with Crippen molar-refractivity contribution >= 4 is 22.1 Å². The Morgan fingerprint density at radius 2 is 2.06 bits per heavy atom. The van der Waals surface area contributed by atoms with Crippen LogP contribution in [0.2, 0.25) is 0 Å². The van der Waals surface area contributed by atoms with Crippen LogP contribution < -0.4 is 0 Å². The molecule has 1 N–H and O–H groups in total. The van der Waals surface area contributed by atoms with Gasteiger partial charge >= 0.3 is 0 Å². The van der Waals surface area contributed by atoms with Gasteiger partial charge in [0.05, 0.1) is 11.1 Å². The van der Waals surface area contributed by atoms with E-state index in [0.717, 1.165) is 22.1 Å². The van der Waals surface area contributed by atoms with Crippen molar-refractivity contribution in [1.29, 1.82) is 0 Å². The van der Waals surface area contributed by atoms with E-state index in [2.05, 4.69) is 46.6 Å². The molecule has 0 amide bonds. The highest BCUT2D eigenvalue weighted by Crippen LogP contribution is 2.23. The van der Waals surface area contributed by atoms with Crippen molar-refractivity contribution < 1.29 is 0 Å². The van der Waals surface area contributed by atoms with Gasteiger partial charge < -0.3 is 5.10 Å². The zero-order valence-corrected chi connectivity index (χ0v) is 9.65. The van der Waals surface area contributed by atoms with Crippen LogP contribution >= 0.6 is 0 Å². The fraction of sp³-hybridized carbons (Fsp3) is 0.385. The van der Waals surface area contributed by atoms with Gasteiger partial charge in [-0.05, 0) is 32.9 Å². The molecule has 4 nitrogen and oxygen atoms in total. The van der Waals surface area contributed by atoms with Crippen LogP contribution in [0.15, 0.2) is 24.5 Å². The molecule has 0 aliphatic heterocycles. The maximum Gasteiger partial charge on any atom is 0.160 e. The molecule has 0 aliphatic carbocycles. The Morgan fingerprint density at radius 1 is 1.29 bits per heavy atom. The molecule has 3 aromatic heterocycles. The normalized spacial score (nSPS) is 11.9. The SMILES string of the molecule is C.CC(C)(C)n1[nH]cc2nc3nccc3cc21. The summed E-state index contributed by atoms with van der Waals surface area (Å²) in [5, 5.41) is 4.33. The first-order chi connectivity index (χ1) is 7.55. The van der Waals surface area contributed by atoms with E-state index < -0.39 is 0 Å². The number of fused-ring (bicyclic) bond motifs is 2. The van der Waals surface area contributed by atoms with Crippen LogP contribution in [0.5, 0.6) is 0 Å². The number of aromatic amines is 1. The Hall–Kier alpha value is -1.84. The lowest BCUT2D eigenvalue weighted by molar-refractivity contribution is 0.368. The molecule has 17 heavy (non-hydrogen) atoms. The minimum absolute atomic E-state index is 0. The first-order valence-corrected chi connectivity index (χ1v) is 5.38. The predicted molar refractivity (Wildman–Crippen MR) is 71.1 cm³/mol. The van der Waals surface area contributed by atoms with Crippen molar-refractivity contribution in [2.75, 3.05) is 0 Å². The molecular weight excluding hydrogens is 212 g/mol. The largest absolute Gasteiger partial charge is 0.303 e. The average molecular weight is 230 g/mol. The molecule has 0 spiro atoms. The second-order valence-corrected chi connectivity index (χ2v) is 5.03. The topological polar surface area (TPSA) is 46.5 Å². The van der Waals surface area contributed by atoms with Gasteiger partial charge in [-0.3, -0.25) is 4.68 Å². The highest BCUT2D eigenvalue weighted by Gasteiger charge is 2.16. The number of pyridine rings is 1. The van der Waals surface area contributed by atoms with Crippen LogP contribution in [0.1, 0.15) is 28.2 Å². The van der Waals surface area contributed by atoms with E-state index in [4.69, 9.17) is 0 Å². The monoisotopic (exact) mass is 230 g/mol. The van der Waals surface area contributed by atoms with E-state index >= 15 is 0 Å². The van der Waals surface area contributed by atoms with E-state index in [1.54, 1.807) is 6.20 Å². The molecule has 0 aliphatic rings. The Bertz CT molecular complexity index is 655. The van der Waals surface area contributed by atoms with E-state index in [-0.39, 0.29) is 13.0 Å². The third-order valence-corrected chi connectivity index (χ3v) is 2.73. The zero-order chi connectivity index (χ0) is 11.3. The van der Waals surface area contributed by atoms with Gasteiger partial charge in [0.1, 0.15) is 5.52 Å². The maximum absolute atomic E-state index is 4.51. The first kappa shape index (κ1) is 11.6. The Kier molecular flexibility index (Phi) is 2.45. The van der Waals surface area contributed by atoms with Crippen LogP contribution in [-0.2, 0) is 5.54 Å². The molecule has 4 heteroatoms. The standard InChI is InChI=1S/C12H14N4.CH4/c1-12(2,3)16-10-6-8-4-5-13-11(8)15-9(10)7-14-16;/h4-7,14H,1-3H3;1H4. The van der Waals surface area contributed by atoms with Gasteiger partial charge in [0, 0.05) is 17.8 Å². The summed E-state index contributed by atoms with van der Waals surface area (Å²) in [6.45, 7) is 6.49. The molecule has 0 unspecified atom stereocenters. The van der Waals surface area contributed by atoms with E-state index in [1.807, 2.05) is 12.3 Å². The van der Waals surface area contributed by atoms with Crippen LogP contribution in [-0.4, -0.2) is 19.7 Å². The summed E-state index contributed by atoms with van der Waals surface area (Å²) in [6, 6.07) is 4.12. The molecule has 0 saturated heterocycles. The molecule has 3 heterocycles. The number of rotatable bonds is 0. The van der Waals surface area contributed by atoms with Crippen molar-refractivity contribution in [2.45, 2.75) is 33.7 Å². The summed E-state index contributed by atoms with van der Waals surface area (Å²) in [4.78, 5) is 8.71. The fourth-order valence-electron chi connectivity index (χ4n) is 1.97. The summed E-state index contributed by atoms with van der Waals surface area (Å²) in [5.74, 6) is 0. The molecule has 0 atom stereocenters. The van der Waals surface area contributed by atoms with Gasteiger partial charge in [-0.2, -0.15) is 0 Å². The molecule has 0 radical (unpaired) electrons. The summed E-state index contributed by atoms with van der Waals surface area (Å²) >= 11 is 0. The lowest BCUT2D eigenvalue weighted by Crippen LogP contribution is -2.22. The van der Waals surface area contributed by atoms with Gasteiger partial charge in [-0.25, -0.2) is 9.97 Å². The van der Waals surface area contributed by atoms with Gasteiger partial charge in [0.15, 0.2) is 5.65 Å². The van der Waals surface area contributed by atoms with Gasteiger partial charge in [0.2, 0.25) is 0 Å². The summed E-state index contributed by atoms with van der Waals surface area (Å²) < 4.78 is 2.13. The number of nitrogens with one attached hydrogen (secondary N) is 1. The smallest absolute Gasteiger partial charge is 0.160 e. The van der Waals surface area contributed by atoms with Crippen LogP contribution in [0.3, 0.4) is 0 Å². The Balaban J connectivity index is 0.00000108. The quantitative estimate of drug-likeness (QED) is 0.644. The average Bonchev–Trinajstić information content (AvgIpc) is 2.76. The number of H-pyrrole nitrogens is 1. The molecule has 0 fully saturated rings. The van der Waals surface area contributed by atoms with Crippen molar-refractivity contribution in [3.63, 3.8) is 0 Å². The molecule has 3 rings (SSSR count). The fourth-order valence-corrected chi connectivity index (χ4v) is 1.97. The van der Waals surface area contributed by atoms with Crippen molar-refractivity contribution in [3.05, 3.63) is 24.5 Å². The molecule has 0 bridgehead atoms. The van der Waals surface area contributed by atoms with Gasteiger partial charge in [-0.15, -0.1) is 0 Å². The van der Waals surface area contributed by atoms with E-state index in [9.17, 15) is 0 Å². The van der Waals surface area contributed by atoms with Crippen molar-refractivity contribution in [2.24, 2.45) is 0 Å². The third-order valence-electron chi connectivity index (χ3n) is 2.73. The number of aromatic nitrogens is 4. The summed E-state index contributed by atoms with van der Waals surface area (Å²) in [7, 11) is 0. The second-order valence-electron chi connectivity index (χ2n) is 5.03. The van der Waals surface area contributed by atoms with Gasteiger partial charge in [-0.1, -0.05) is 7.43 Å². The third kappa shape index (κ3) is 1.69. The summed E-state index contributed by atoms with van der Waals surface area (Å²) in [5.41, 5.74) is 2.92. The summed E-state index contributed by atoms with van der Waals surface area (Å²) in [6.07, 6.45) is 3.72. The zero-order valence-electron chi connectivity index (χ0n) is 9.65. The Morgan fingerprint density at radius 3 is 2.76 bits per heavy atom. The number of nitrogens with zero attached hydrogens (tertiary/aromatic N) is 3. The molecule has 3 aromatic rings. The second kappa shape index (κ2) is 3.58. The molecule has 0 aromatic carbocycles. The lowest BCUT2D eigenvalue weighted by atomic mass is 10.1.